The highest BCUT2D eigenvalue weighted by molar-refractivity contribution is 5.77. The number of hydrogen-bond acceptors (Lipinski definition) is 3. The largest absolute Gasteiger partial charge is 0.395 e. The van der Waals surface area contributed by atoms with Gasteiger partial charge >= 0.3 is 0 Å². The van der Waals surface area contributed by atoms with Crippen LogP contribution < -0.4 is 5.32 Å². The first-order valence-electron chi connectivity index (χ1n) is 5.34. The average molecular weight is 202 g/mol. The van der Waals surface area contributed by atoms with E-state index in [-0.39, 0.29) is 12.5 Å². The summed E-state index contributed by atoms with van der Waals surface area (Å²) in [5.74, 6) is 0.000880. The molecule has 14 heavy (non-hydrogen) atoms. The second kappa shape index (κ2) is 8.97. The Morgan fingerprint density at radius 2 is 1.86 bits per heavy atom. The maximum atomic E-state index is 11.3. The molecule has 0 rings (SSSR count). The molecule has 0 aromatic heterocycles. The Morgan fingerprint density at radius 3 is 2.29 bits per heavy atom. The van der Waals surface area contributed by atoms with Gasteiger partial charge in [-0.2, -0.15) is 0 Å². The first-order valence-corrected chi connectivity index (χ1v) is 5.34. The molecule has 0 fully saturated rings. The average Bonchev–Trinajstić information content (AvgIpc) is 2.15. The van der Waals surface area contributed by atoms with Crippen molar-refractivity contribution in [2.45, 2.75) is 26.7 Å². The molecule has 0 aliphatic heterocycles. The molecule has 0 aliphatic rings. The van der Waals surface area contributed by atoms with Gasteiger partial charge in [0.05, 0.1) is 13.2 Å². The van der Waals surface area contributed by atoms with Crippen molar-refractivity contribution in [3.63, 3.8) is 0 Å². The van der Waals surface area contributed by atoms with Crippen LogP contribution in [-0.2, 0) is 4.79 Å². The fourth-order valence-electron chi connectivity index (χ4n) is 1.36. The van der Waals surface area contributed by atoms with E-state index >= 15 is 0 Å². The summed E-state index contributed by atoms with van der Waals surface area (Å²) in [6.07, 6.45) is 2.13. The molecule has 1 amide bonds. The Balaban J connectivity index is 3.71. The quantitative estimate of drug-likeness (QED) is 0.592. The van der Waals surface area contributed by atoms with Gasteiger partial charge in [-0.1, -0.05) is 13.8 Å². The lowest BCUT2D eigenvalue weighted by Gasteiger charge is -2.19. The minimum absolute atomic E-state index is 0.000880. The second-order valence-corrected chi connectivity index (χ2v) is 3.35. The van der Waals surface area contributed by atoms with Crippen LogP contribution in [-0.4, -0.2) is 48.7 Å². The molecule has 0 heterocycles. The smallest absolute Gasteiger partial charge is 0.234 e. The third-order valence-electron chi connectivity index (χ3n) is 1.88. The zero-order valence-electron chi connectivity index (χ0n) is 9.25. The summed E-state index contributed by atoms with van der Waals surface area (Å²) in [6, 6.07) is 0. The number of amides is 1. The summed E-state index contributed by atoms with van der Waals surface area (Å²) in [5.41, 5.74) is 0. The van der Waals surface area contributed by atoms with Crippen LogP contribution in [0.5, 0.6) is 0 Å². The Hall–Kier alpha value is -0.610. The van der Waals surface area contributed by atoms with Crippen molar-refractivity contribution in [1.82, 2.24) is 10.2 Å². The predicted octanol–water partition coefficient (Wildman–Crippen LogP) is 0.217. The van der Waals surface area contributed by atoms with Crippen molar-refractivity contribution >= 4 is 5.91 Å². The molecule has 0 aliphatic carbocycles. The first kappa shape index (κ1) is 13.4. The molecular weight excluding hydrogens is 180 g/mol. The van der Waals surface area contributed by atoms with Crippen molar-refractivity contribution < 1.29 is 9.90 Å². The van der Waals surface area contributed by atoms with Crippen molar-refractivity contribution in [3.05, 3.63) is 0 Å². The van der Waals surface area contributed by atoms with Crippen LogP contribution in [0.3, 0.4) is 0 Å². The molecule has 2 N–H and O–H groups in total. The van der Waals surface area contributed by atoms with Gasteiger partial charge in [-0.05, 0) is 25.9 Å². The van der Waals surface area contributed by atoms with E-state index in [2.05, 4.69) is 24.1 Å². The van der Waals surface area contributed by atoms with Crippen LogP contribution in [0.2, 0.25) is 0 Å². The van der Waals surface area contributed by atoms with E-state index in [4.69, 9.17) is 5.11 Å². The standard InChI is InChI=1S/C10H22N2O2/c1-3-6-12(7-4-2)9-10(14)11-5-8-13/h13H,3-9H2,1-2H3,(H,11,14). The highest BCUT2D eigenvalue weighted by atomic mass is 16.3. The van der Waals surface area contributed by atoms with Gasteiger partial charge in [-0.3, -0.25) is 9.69 Å². The van der Waals surface area contributed by atoms with E-state index in [0.717, 1.165) is 25.9 Å². The Morgan fingerprint density at radius 1 is 1.29 bits per heavy atom. The summed E-state index contributed by atoms with van der Waals surface area (Å²) in [6.45, 7) is 6.93. The van der Waals surface area contributed by atoms with Crippen LogP contribution >= 0.6 is 0 Å². The zero-order valence-corrected chi connectivity index (χ0v) is 9.25. The van der Waals surface area contributed by atoms with Crippen molar-refractivity contribution in [2.24, 2.45) is 0 Å². The van der Waals surface area contributed by atoms with Gasteiger partial charge in [0.15, 0.2) is 0 Å². The van der Waals surface area contributed by atoms with E-state index in [1.807, 2.05) is 0 Å². The Kier molecular flexibility index (Phi) is 8.57. The van der Waals surface area contributed by atoms with Gasteiger partial charge in [0.1, 0.15) is 0 Å². The minimum atomic E-state index is 0.000880. The van der Waals surface area contributed by atoms with Gasteiger partial charge in [0, 0.05) is 6.54 Å². The molecule has 4 heteroatoms. The molecule has 0 atom stereocenters. The monoisotopic (exact) mass is 202 g/mol. The third kappa shape index (κ3) is 6.86. The van der Waals surface area contributed by atoms with Crippen molar-refractivity contribution in [2.75, 3.05) is 32.8 Å². The molecule has 0 aromatic rings. The van der Waals surface area contributed by atoms with Crippen molar-refractivity contribution in [1.29, 1.82) is 0 Å². The van der Waals surface area contributed by atoms with Crippen LogP contribution in [0, 0.1) is 0 Å². The lowest BCUT2D eigenvalue weighted by molar-refractivity contribution is -0.122. The SMILES string of the molecule is CCCN(CCC)CC(=O)NCCO. The fourth-order valence-corrected chi connectivity index (χ4v) is 1.36. The number of carbonyl (C=O) groups is 1. The van der Waals surface area contributed by atoms with Crippen LogP contribution in [0.15, 0.2) is 0 Å². The van der Waals surface area contributed by atoms with Crippen LogP contribution in [0.25, 0.3) is 0 Å². The zero-order chi connectivity index (χ0) is 10.8. The molecular formula is C10H22N2O2. The number of hydrogen-bond donors (Lipinski definition) is 2. The second-order valence-electron chi connectivity index (χ2n) is 3.35. The van der Waals surface area contributed by atoms with E-state index in [1.54, 1.807) is 0 Å². The molecule has 84 valence electrons. The predicted molar refractivity (Wildman–Crippen MR) is 57.1 cm³/mol. The summed E-state index contributed by atoms with van der Waals surface area (Å²) in [4.78, 5) is 13.4. The van der Waals surface area contributed by atoms with Gasteiger partial charge in [0.25, 0.3) is 0 Å². The molecule has 0 unspecified atom stereocenters. The van der Waals surface area contributed by atoms with Crippen molar-refractivity contribution in [3.8, 4) is 0 Å². The topological polar surface area (TPSA) is 52.6 Å². The number of carbonyl (C=O) groups excluding carboxylic acids is 1. The molecule has 0 aromatic carbocycles. The van der Waals surface area contributed by atoms with Gasteiger partial charge < -0.3 is 10.4 Å². The lowest BCUT2D eigenvalue weighted by Crippen LogP contribution is -2.39. The Bertz CT molecular complexity index is 145. The Labute approximate surface area is 86.3 Å². The number of nitrogens with one attached hydrogen (secondary N) is 1. The third-order valence-corrected chi connectivity index (χ3v) is 1.88. The maximum absolute atomic E-state index is 11.3. The number of aliphatic hydroxyl groups excluding tert-OH is 1. The van der Waals surface area contributed by atoms with E-state index in [0.29, 0.717) is 13.1 Å². The molecule has 0 saturated heterocycles. The normalized spacial score (nSPS) is 10.6. The van der Waals surface area contributed by atoms with Crippen LogP contribution in [0.4, 0.5) is 0 Å². The van der Waals surface area contributed by atoms with E-state index < -0.39 is 0 Å². The molecule has 0 spiro atoms. The van der Waals surface area contributed by atoms with E-state index in [9.17, 15) is 4.79 Å². The first-order chi connectivity index (χ1) is 6.74. The molecule has 0 saturated carbocycles. The number of nitrogens with zero attached hydrogens (tertiary/aromatic N) is 1. The number of rotatable bonds is 8. The molecule has 4 nitrogen and oxygen atoms in total. The van der Waals surface area contributed by atoms with Gasteiger partial charge in [-0.15, -0.1) is 0 Å². The summed E-state index contributed by atoms with van der Waals surface area (Å²) in [5, 5.41) is 11.2. The molecule has 0 radical (unpaired) electrons. The molecule has 0 bridgehead atoms. The summed E-state index contributed by atoms with van der Waals surface area (Å²) < 4.78 is 0. The highest BCUT2D eigenvalue weighted by Gasteiger charge is 2.07. The lowest BCUT2D eigenvalue weighted by atomic mass is 10.3. The van der Waals surface area contributed by atoms with Gasteiger partial charge in [-0.25, -0.2) is 0 Å². The minimum Gasteiger partial charge on any atom is -0.395 e. The highest BCUT2D eigenvalue weighted by Crippen LogP contribution is 1.93. The van der Waals surface area contributed by atoms with Gasteiger partial charge in [0.2, 0.25) is 5.91 Å². The summed E-state index contributed by atoms with van der Waals surface area (Å²) in [7, 11) is 0. The maximum Gasteiger partial charge on any atom is 0.234 e. The fraction of sp³-hybridized carbons (Fsp3) is 0.900. The van der Waals surface area contributed by atoms with E-state index in [1.165, 1.54) is 0 Å². The number of aliphatic hydroxyl groups is 1. The summed E-state index contributed by atoms with van der Waals surface area (Å²) >= 11 is 0. The van der Waals surface area contributed by atoms with Crippen LogP contribution in [0.1, 0.15) is 26.7 Å².